The highest BCUT2D eigenvalue weighted by Crippen LogP contribution is 2.31. The third-order valence-electron chi connectivity index (χ3n) is 4.59. The van der Waals surface area contributed by atoms with E-state index < -0.39 is 0 Å². The Balaban J connectivity index is 1.99. The molecule has 0 spiro atoms. The molecule has 29 heavy (non-hydrogen) atoms. The number of hydrogen-bond donors (Lipinski definition) is 1. The van der Waals surface area contributed by atoms with Gasteiger partial charge in [-0.3, -0.25) is 14.5 Å². The number of carbonyl (C=O) groups excluding carboxylic acids is 2. The number of nitrogens with zero attached hydrogens (tertiary/aromatic N) is 2. The average molecular weight is 391 g/mol. The molecule has 0 fully saturated rings. The number of imide groups is 1. The number of rotatable bonds is 8. The molecule has 3 rings (SSSR count). The second-order valence-corrected chi connectivity index (χ2v) is 6.78. The van der Waals surface area contributed by atoms with Gasteiger partial charge in [-0.2, -0.15) is 0 Å². The van der Waals surface area contributed by atoms with Crippen molar-refractivity contribution >= 4 is 28.8 Å². The van der Waals surface area contributed by atoms with Crippen molar-refractivity contribution in [3.63, 3.8) is 0 Å². The molecule has 150 valence electrons. The van der Waals surface area contributed by atoms with Crippen LogP contribution in [0.15, 0.2) is 66.9 Å². The highest BCUT2D eigenvalue weighted by Gasteiger charge is 2.38. The van der Waals surface area contributed by atoms with Crippen LogP contribution in [0, 0.1) is 0 Å². The summed E-state index contributed by atoms with van der Waals surface area (Å²) < 4.78 is 5.47. The van der Waals surface area contributed by atoms with Gasteiger partial charge in [0.1, 0.15) is 11.4 Å². The topological polar surface area (TPSA) is 61.9 Å². The maximum absolute atomic E-state index is 13.0. The van der Waals surface area contributed by atoms with Gasteiger partial charge < -0.3 is 15.0 Å². The van der Waals surface area contributed by atoms with E-state index in [4.69, 9.17) is 4.74 Å². The molecule has 0 bridgehead atoms. The van der Waals surface area contributed by atoms with Gasteiger partial charge >= 0.3 is 0 Å². The third kappa shape index (κ3) is 4.16. The first-order chi connectivity index (χ1) is 14.0. The van der Waals surface area contributed by atoms with Gasteiger partial charge in [0.25, 0.3) is 11.8 Å². The Morgan fingerprint density at radius 1 is 1.03 bits per heavy atom. The van der Waals surface area contributed by atoms with Gasteiger partial charge in [-0.15, -0.1) is 6.58 Å². The summed E-state index contributed by atoms with van der Waals surface area (Å²) in [5, 5.41) is 3.15. The molecule has 2 aromatic carbocycles. The van der Waals surface area contributed by atoms with Crippen molar-refractivity contribution in [2.24, 2.45) is 0 Å². The quantitative estimate of drug-likeness (QED) is 0.551. The summed E-state index contributed by atoms with van der Waals surface area (Å²) in [6.07, 6.45) is 1.54. The zero-order chi connectivity index (χ0) is 21.0. The molecule has 0 aromatic heterocycles. The van der Waals surface area contributed by atoms with Crippen LogP contribution in [0.25, 0.3) is 5.57 Å². The van der Waals surface area contributed by atoms with E-state index in [0.717, 1.165) is 11.4 Å². The molecule has 0 atom stereocenters. The van der Waals surface area contributed by atoms with Crippen molar-refractivity contribution in [1.29, 1.82) is 0 Å². The van der Waals surface area contributed by atoms with Crippen molar-refractivity contribution < 1.29 is 14.3 Å². The number of benzene rings is 2. The van der Waals surface area contributed by atoms with Crippen LogP contribution in [-0.2, 0) is 9.59 Å². The highest BCUT2D eigenvalue weighted by atomic mass is 16.5. The SMILES string of the molecule is C=CCN1C(=O)C(Nc2ccc(N(C)C)cc2)=C(c2ccc(OCC)cc2)C1=O. The minimum atomic E-state index is -0.365. The first-order valence-electron chi connectivity index (χ1n) is 9.45. The van der Waals surface area contributed by atoms with E-state index in [9.17, 15) is 9.59 Å². The first-order valence-corrected chi connectivity index (χ1v) is 9.45. The lowest BCUT2D eigenvalue weighted by Gasteiger charge is -2.14. The fourth-order valence-corrected chi connectivity index (χ4v) is 3.13. The highest BCUT2D eigenvalue weighted by molar-refractivity contribution is 6.36. The fourth-order valence-electron chi connectivity index (χ4n) is 3.13. The van der Waals surface area contributed by atoms with Crippen molar-refractivity contribution in [2.75, 3.05) is 37.5 Å². The van der Waals surface area contributed by atoms with Gasteiger partial charge in [-0.1, -0.05) is 18.2 Å². The summed E-state index contributed by atoms with van der Waals surface area (Å²) in [5.74, 6) is 0.00676. The summed E-state index contributed by atoms with van der Waals surface area (Å²) in [6.45, 7) is 6.27. The Labute approximate surface area is 171 Å². The minimum Gasteiger partial charge on any atom is -0.494 e. The molecule has 1 aliphatic rings. The van der Waals surface area contributed by atoms with Crippen LogP contribution >= 0.6 is 0 Å². The van der Waals surface area contributed by atoms with Crippen molar-refractivity contribution in [1.82, 2.24) is 4.90 Å². The van der Waals surface area contributed by atoms with Crippen molar-refractivity contribution in [2.45, 2.75) is 6.92 Å². The van der Waals surface area contributed by atoms with Gasteiger partial charge in [0.05, 0.1) is 12.2 Å². The van der Waals surface area contributed by atoms with Crippen molar-refractivity contribution in [3.8, 4) is 5.75 Å². The summed E-state index contributed by atoms with van der Waals surface area (Å²) in [6, 6.07) is 14.8. The minimum absolute atomic E-state index is 0.156. The van der Waals surface area contributed by atoms with E-state index >= 15 is 0 Å². The summed E-state index contributed by atoms with van der Waals surface area (Å²) in [5.41, 5.74) is 3.04. The molecule has 0 aliphatic carbocycles. The molecular weight excluding hydrogens is 366 g/mol. The molecule has 1 heterocycles. The van der Waals surface area contributed by atoms with E-state index in [2.05, 4.69) is 11.9 Å². The lowest BCUT2D eigenvalue weighted by molar-refractivity contribution is -0.136. The number of anilines is 2. The fraction of sp³-hybridized carbons (Fsp3) is 0.217. The lowest BCUT2D eigenvalue weighted by Crippen LogP contribution is -2.32. The molecule has 0 radical (unpaired) electrons. The monoisotopic (exact) mass is 391 g/mol. The maximum Gasteiger partial charge on any atom is 0.278 e. The molecule has 0 saturated heterocycles. The second-order valence-electron chi connectivity index (χ2n) is 6.78. The molecule has 1 N–H and O–H groups in total. The Hall–Kier alpha value is -3.54. The van der Waals surface area contributed by atoms with E-state index in [1.54, 1.807) is 30.3 Å². The normalized spacial score (nSPS) is 13.7. The average Bonchev–Trinajstić information content (AvgIpc) is 2.94. The standard InChI is InChI=1S/C23H25N3O3/c1-5-15-26-22(27)20(16-7-13-19(14-8-16)29-6-2)21(23(26)28)24-17-9-11-18(12-10-17)25(3)4/h5,7-14,24H,1,6,15H2,2-4H3. The summed E-state index contributed by atoms with van der Waals surface area (Å²) in [4.78, 5) is 29.1. The smallest absolute Gasteiger partial charge is 0.278 e. The Morgan fingerprint density at radius 2 is 1.69 bits per heavy atom. The molecule has 6 heteroatoms. The van der Waals surface area contributed by atoms with Crippen LogP contribution in [0.5, 0.6) is 5.75 Å². The Kier molecular flexibility index (Phi) is 6.02. The van der Waals surface area contributed by atoms with Crippen LogP contribution in [0.4, 0.5) is 11.4 Å². The predicted octanol–water partition coefficient (Wildman–Crippen LogP) is 3.53. The zero-order valence-corrected chi connectivity index (χ0v) is 16.9. The number of hydrogen-bond acceptors (Lipinski definition) is 5. The van der Waals surface area contributed by atoms with Crippen LogP contribution in [0.2, 0.25) is 0 Å². The van der Waals surface area contributed by atoms with Gasteiger partial charge in [-0.25, -0.2) is 0 Å². The van der Waals surface area contributed by atoms with Crippen LogP contribution < -0.4 is 15.0 Å². The van der Waals surface area contributed by atoms with Crippen LogP contribution in [0.1, 0.15) is 12.5 Å². The van der Waals surface area contributed by atoms with Gasteiger partial charge in [-0.05, 0) is 48.9 Å². The Morgan fingerprint density at radius 3 is 2.24 bits per heavy atom. The van der Waals surface area contributed by atoms with E-state index in [-0.39, 0.29) is 24.1 Å². The van der Waals surface area contributed by atoms with Gasteiger partial charge in [0.2, 0.25) is 0 Å². The van der Waals surface area contributed by atoms with E-state index in [0.29, 0.717) is 23.5 Å². The number of ether oxygens (including phenoxy) is 1. The summed E-state index contributed by atoms with van der Waals surface area (Å²) in [7, 11) is 3.92. The molecule has 1 aliphatic heterocycles. The molecule has 2 aromatic rings. The van der Waals surface area contributed by atoms with Crippen LogP contribution in [0.3, 0.4) is 0 Å². The predicted molar refractivity (Wildman–Crippen MR) is 116 cm³/mol. The van der Waals surface area contributed by atoms with E-state index in [1.165, 1.54) is 4.90 Å². The number of carbonyl (C=O) groups is 2. The first kappa shape index (κ1) is 20.2. The molecule has 2 amide bonds. The van der Waals surface area contributed by atoms with Gasteiger partial charge in [0, 0.05) is 32.0 Å². The maximum atomic E-state index is 13.0. The second kappa shape index (κ2) is 8.65. The number of amides is 2. The molecular formula is C23H25N3O3. The van der Waals surface area contributed by atoms with Gasteiger partial charge in [0.15, 0.2) is 0 Å². The van der Waals surface area contributed by atoms with E-state index in [1.807, 2.05) is 50.2 Å². The zero-order valence-electron chi connectivity index (χ0n) is 16.9. The van der Waals surface area contributed by atoms with Crippen LogP contribution in [-0.4, -0.2) is 44.0 Å². The lowest BCUT2D eigenvalue weighted by atomic mass is 10.0. The Bertz CT molecular complexity index is 944. The molecule has 6 nitrogen and oxygen atoms in total. The largest absolute Gasteiger partial charge is 0.494 e. The molecule has 0 saturated carbocycles. The third-order valence-corrected chi connectivity index (χ3v) is 4.59. The van der Waals surface area contributed by atoms with Crippen molar-refractivity contribution in [3.05, 3.63) is 72.4 Å². The summed E-state index contributed by atoms with van der Waals surface area (Å²) >= 11 is 0. The molecule has 0 unspecified atom stereocenters. The number of nitrogens with one attached hydrogen (secondary N) is 1.